The highest BCUT2D eigenvalue weighted by Crippen LogP contribution is 2.29. The maximum Gasteiger partial charge on any atom is 0.368 e. The summed E-state index contributed by atoms with van der Waals surface area (Å²) in [5.41, 5.74) is -0.248. The van der Waals surface area contributed by atoms with Gasteiger partial charge in [0.15, 0.2) is 0 Å². The first-order valence-corrected chi connectivity index (χ1v) is 6.02. The SMILES string of the molecule is CCOC(=O)C(F)(Cl)C(=O)c1ccc(F)cc1Br. The first-order chi connectivity index (χ1) is 8.30. The molecule has 0 aromatic heterocycles. The predicted octanol–water partition coefficient (Wildman–Crippen LogP) is 3.24. The van der Waals surface area contributed by atoms with Gasteiger partial charge in [-0.2, -0.15) is 0 Å². The molecule has 1 aromatic rings. The third kappa shape index (κ3) is 3.05. The van der Waals surface area contributed by atoms with Crippen molar-refractivity contribution in [2.24, 2.45) is 0 Å². The van der Waals surface area contributed by atoms with E-state index in [4.69, 9.17) is 11.6 Å². The van der Waals surface area contributed by atoms with Gasteiger partial charge in [-0.25, -0.2) is 13.6 Å². The van der Waals surface area contributed by atoms with Gasteiger partial charge in [0.1, 0.15) is 5.82 Å². The molecule has 0 saturated heterocycles. The number of esters is 1. The average Bonchev–Trinajstić information content (AvgIpc) is 2.28. The Bertz CT molecular complexity index is 491. The topological polar surface area (TPSA) is 43.4 Å². The summed E-state index contributed by atoms with van der Waals surface area (Å²) in [5, 5.41) is -3.32. The van der Waals surface area contributed by atoms with Gasteiger partial charge in [-0.3, -0.25) is 4.79 Å². The molecule has 98 valence electrons. The summed E-state index contributed by atoms with van der Waals surface area (Å²) >= 11 is 8.15. The number of halogens is 4. The first-order valence-electron chi connectivity index (χ1n) is 4.85. The van der Waals surface area contributed by atoms with E-state index in [2.05, 4.69) is 20.7 Å². The van der Waals surface area contributed by atoms with Crippen LogP contribution in [0.5, 0.6) is 0 Å². The van der Waals surface area contributed by atoms with Crippen LogP contribution in [0.3, 0.4) is 0 Å². The van der Waals surface area contributed by atoms with E-state index in [0.717, 1.165) is 18.2 Å². The van der Waals surface area contributed by atoms with Gasteiger partial charge in [0.05, 0.1) is 6.61 Å². The van der Waals surface area contributed by atoms with Crippen LogP contribution >= 0.6 is 27.5 Å². The van der Waals surface area contributed by atoms with E-state index in [1.165, 1.54) is 6.92 Å². The maximum absolute atomic E-state index is 13.9. The van der Waals surface area contributed by atoms with Gasteiger partial charge in [0, 0.05) is 10.0 Å². The van der Waals surface area contributed by atoms with Crippen LogP contribution < -0.4 is 0 Å². The van der Waals surface area contributed by atoms with Gasteiger partial charge in [0.2, 0.25) is 5.78 Å². The Morgan fingerprint density at radius 2 is 2.11 bits per heavy atom. The van der Waals surface area contributed by atoms with E-state index in [1.807, 2.05) is 0 Å². The molecular weight excluding hydrogens is 333 g/mol. The second-order valence-corrected chi connectivity index (χ2v) is 4.62. The summed E-state index contributed by atoms with van der Waals surface area (Å²) in [5.74, 6) is -3.42. The fourth-order valence-electron chi connectivity index (χ4n) is 1.16. The number of rotatable bonds is 4. The molecule has 0 aliphatic heterocycles. The molecule has 1 atom stereocenters. The number of hydrogen-bond acceptors (Lipinski definition) is 3. The summed E-state index contributed by atoms with van der Waals surface area (Å²) < 4.78 is 31.0. The molecule has 0 saturated carbocycles. The van der Waals surface area contributed by atoms with Crippen LogP contribution in [0.1, 0.15) is 17.3 Å². The van der Waals surface area contributed by atoms with E-state index in [1.54, 1.807) is 0 Å². The Hall–Kier alpha value is -1.01. The first kappa shape index (κ1) is 15.0. The van der Waals surface area contributed by atoms with E-state index >= 15 is 0 Å². The van der Waals surface area contributed by atoms with Gasteiger partial charge in [-0.05, 0) is 41.1 Å². The number of ketones is 1. The molecule has 0 aliphatic carbocycles. The average molecular weight is 342 g/mol. The quantitative estimate of drug-likeness (QED) is 0.365. The number of alkyl halides is 2. The molecule has 0 spiro atoms. The van der Waals surface area contributed by atoms with E-state index < -0.39 is 22.7 Å². The van der Waals surface area contributed by atoms with Crippen molar-refractivity contribution >= 4 is 39.3 Å². The van der Waals surface area contributed by atoms with Crippen molar-refractivity contribution in [2.75, 3.05) is 6.61 Å². The molecule has 18 heavy (non-hydrogen) atoms. The minimum Gasteiger partial charge on any atom is -0.462 e. The van der Waals surface area contributed by atoms with E-state index in [0.29, 0.717) is 0 Å². The van der Waals surface area contributed by atoms with Crippen molar-refractivity contribution < 1.29 is 23.1 Å². The number of carbonyl (C=O) groups excluding carboxylic acids is 2. The van der Waals surface area contributed by atoms with Gasteiger partial charge in [0.25, 0.3) is 0 Å². The number of ether oxygens (including phenoxy) is 1. The Labute approximate surface area is 115 Å². The summed E-state index contributed by atoms with van der Waals surface area (Å²) in [6.07, 6.45) is 0. The van der Waals surface area contributed by atoms with Crippen LogP contribution in [-0.2, 0) is 9.53 Å². The monoisotopic (exact) mass is 340 g/mol. The smallest absolute Gasteiger partial charge is 0.368 e. The zero-order chi connectivity index (χ0) is 13.9. The van der Waals surface area contributed by atoms with Crippen molar-refractivity contribution in [2.45, 2.75) is 12.1 Å². The van der Waals surface area contributed by atoms with Crippen molar-refractivity contribution in [3.63, 3.8) is 0 Å². The number of carbonyl (C=O) groups is 2. The molecule has 1 aromatic carbocycles. The fraction of sp³-hybridized carbons (Fsp3) is 0.273. The molecular formula is C11H8BrClF2O3. The summed E-state index contributed by atoms with van der Waals surface area (Å²) in [4.78, 5) is 23.0. The van der Waals surface area contributed by atoms with Crippen LogP contribution in [0, 0.1) is 5.82 Å². The molecule has 0 bridgehead atoms. The van der Waals surface area contributed by atoms with E-state index in [9.17, 15) is 18.4 Å². The van der Waals surface area contributed by atoms with Crippen LogP contribution in [-0.4, -0.2) is 23.5 Å². The van der Waals surface area contributed by atoms with Crippen LogP contribution in [0.4, 0.5) is 8.78 Å². The zero-order valence-corrected chi connectivity index (χ0v) is 11.5. The minimum absolute atomic E-state index is 0.000488. The van der Waals surface area contributed by atoms with Gasteiger partial charge < -0.3 is 4.74 Å². The van der Waals surface area contributed by atoms with Crippen molar-refractivity contribution in [3.8, 4) is 0 Å². The minimum atomic E-state index is -3.32. The molecule has 0 aliphatic rings. The normalized spacial score (nSPS) is 13.8. The Morgan fingerprint density at radius 3 is 2.61 bits per heavy atom. The standard InChI is InChI=1S/C11H8BrClF2O3/c1-2-18-10(17)11(13,15)9(16)7-4-3-6(14)5-8(7)12/h3-5H,2H2,1H3. The third-order valence-corrected chi connectivity index (χ3v) is 2.97. The molecule has 0 fully saturated rings. The summed E-state index contributed by atoms with van der Waals surface area (Å²) in [6, 6.07) is 2.94. The molecule has 1 unspecified atom stereocenters. The molecule has 0 N–H and O–H groups in total. The van der Waals surface area contributed by atoms with Crippen LogP contribution in [0.2, 0.25) is 0 Å². The van der Waals surface area contributed by atoms with Crippen molar-refractivity contribution in [3.05, 3.63) is 34.1 Å². The number of hydrogen-bond donors (Lipinski definition) is 0. The summed E-state index contributed by atoms with van der Waals surface area (Å²) in [7, 11) is 0. The van der Waals surface area contributed by atoms with E-state index in [-0.39, 0.29) is 16.6 Å². The highest BCUT2D eigenvalue weighted by Gasteiger charge is 2.47. The highest BCUT2D eigenvalue weighted by molar-refractivity contribution is 9.10. The third-order valence-electron chi connectivity index (χ3n) is 1.99. The summed E-state index contributed by atoms with van der Waals surface area (Å²) in [6.45, 7) is 1.33. The molecule has 3 nitrogen and oxygen atoms in total. The van der Waals surface area contributed by atoms with Crippen molar-refractivity contribution in [1.29, 1.82) is 0 Å². The maximum atomic E-state index is 13.9. The van der Waals surface area contributed by atoms with Crippen molar-refractivity contribution in [1.82, 2.24) is 0 Å². The fourth-order valence-corrected chi connectivity index (χ4v) is 1.84. The zero-order valence-electron chi connectivity index (χ0n) is 9.18. The predicted molar refractivity (Wildman–Crippen MR) is 64.8 cm³/mol. The van der Waals surface area contributed by atoms with Gasteiger partial charge in [-0.15, -0.1) is 0 Å². The lowest BCUT2D eigenvalue weighted by Crippen LogP contribution is -2.38. The van der Waals surface area contributed by atoms with Crippen LogP contribution in [0.15, 0.2) is 22.7 Å². The largest absolute Gasteiger partial charge is 0.462 e. The molecule has 0 radical (unpaired) electrons. The molecule has 1 rings (SSSR count). The lowest BCUT2D eigenvalue weighted by atomic mass is 10.1. The molecule has 0 heterocycles. The number of Topliss-reactive ketones (excluding diaryl/α,β-unsaturated/α-hetero) is 1. The lowest BCUT2D eigenvalue weighted by molar-refractivity contribution is -0.149. The Kier molecular flexibility index (Phi) is 4.81. The number of benzene rings is 1. The second-order valence-electron chi connectivity index (χ2n) is 3.25. The molecule has 0 amide bonds. The highest BCUT2D eigenvalue weighted by atomic mass is 79.9. The Balaban J connectivity index is 3.09. The van der Waals surface area contributed by atoms with Gasteiger partial charge in [-0.1, -0.05) is 11.6 Å². The van der Waals surface area contributed by atoms with Gasteiger partial charge >= 0.3 is 11.1 Å². The molecule has 7 heteroatoms. The lowest BCUT2D eigenvalue weighted by Gasteiger charge is -2.15. The van der Waals surface area contributed by atoms with Crippen LogP contribution in [0.25, 0.3) is 0 Å². The second kappa shape index (κ2) is 5.75. The Morgan fingerprint density at radius 1 is 1.50 bits per heavy atom.